The second kappa shape index (κ2) is 5.12. The largest absolute Gasteiger partial charge is 0.366 e. The number of primary amides is 1. The normalized spacial score (nSPS) is 14.7. The van der Waals surface area contributed by atoms with Crippen molar-refractivity contribution in [3.63, 3.8) is 0 Å². The SMILES string of the molecule is CC(C)n1c(=O)n(CC2CC2)c(=O)c2cc(C(N)=O)ccc21. The molecule has 6 nitrogen and oxygen atoms in total. The first kappa shape index (κ1) is 14.6. The summed E-state index contributed by atoms with van der Waals surface area (Å²) >= 11 is 0. The van der Waals surface area contributed by atoms with E-state index in [1.54, 1.807) is 16.7 Å². The van der Waals surface area contributed by atoms with Gasteiger partial charge in [0.2, 0.25) is 5.91 Å². The summed E-state index contributed by atoms with van der Waals surface area (Å²) in [7, 11) is 0. The van der Waals surface area contributed by atoms with Crippen LogP contribution in [0.15, 0.2) is 27.8 Å². The maximum Gasteiger partial charge on any atom is 0.331 e. The minimum atomic E-state index is -0.586. The number of hydrogen-bond donors (Lipinski definition) is 1. The highest BCUT2D eigenvalue weighted by Crippen LogP contribution is 2.29. The van der Waals surface area contributed by atoms with Crippen LogP contribution in [0.25, 0.3) is 10.9 Å². The summed E-state index contributed by atoms with van der Waals surface area (Å²) in [5.41, 5.74) is 5.49. The summed E-state index contributed by atoms with van der Waals surface area (Å²) in [6.07, 6.45) is 2.10. The van der Waals surface area contributed by atoms with Gasteiger partial charge in [0.05, 0.1) is 10.9 Å². The molecule has 0 saturated heterocycles. The van der Waals surface area contributed by atoms with Gasteiger partial charge in [-0.15, -0.1) is 0 Å². The second-order valence-electron chi connectivity index (χ2n) is 6.20. The van der Waals surface area contributed by atoms with E-state index in [-0.39, 0.29) is 22.9 Å². The van der Waals surface area contributed by atoms with Crippen LogP contribution < -0.4 is 17.0 Å². The Labute approximate surface area is 127 Å². The molecular formula is C16H19N3O3. The van der Waals surface area contributed by atoms with Gasteiger partial charge in [0.25, 0.3) is 5.56 Å². The summed E-state index contributed by atoms with van der Waals surface area (Å²) in [5.74, 6) is -0.180. The molecule has 0 radical (unpaired) electrons. The predicted octanol–water partition coefficient (Wildman–Crippen LogP) is 1.25. The zero-order valence-corrected chi connectivity index (χ0v) is 12.7. The zero-order valence-electron chi connectivity index (χ0n) is 12.7. The van der Waals surface area contributed by atoms with Gasteiger partial charge in [-0.1, -0.05) is 0 Å². The molecule has 1 amide bonds. The Morgan fingerprint density at radius 3 is 2.55 bits per heavy atom. The van der Waals surface area contributed by atoms with E-state index in [4.69, 9.17) is 5.73 Å². The molecule has 2 aromatic rings. The average Bonchev–Trinajstić information content (AvgIpc) is 3.26. The smallest absolute Gasteiger partial charge is 0.331 e. The molecule has 1 saturated carbocycles. The Balaban J connectivity index is 2.37. The number of carbonyl (C=O) groups is 1. The lowest BCUT2D eigenvalue weighted by atomic mass is 10.1. The molecule has 1 fully saturated rings. The first-order valence-electron chi connectivity index (χ1n) is 7.49. The summed E-state index contributed by atoms with van der Waals surface area (Å²) < 4.78 is 2.90. The van der Waals surface area contributed by atoms with E-state index in [1.807, 2.05) is 13.8 Å². The molecule has 1 aromatic heterocycles. The van der Waals surface area contributed by atoms with Crippen molar-refractivity contribution in [1.82, 2.24) is 9.13 Å². The first-order valence-corrected chi connectivity index (χ1v) is 7.49. The Morgan fingerprint density at radius 2 is 2.00 bits per heavy atom. The lowest BCUT2D eigenvalue weighted by Gasteiger charge is -2.17. The van der Waals surface area contributed by atoms with Crippen LogP contribution in [0, 0.1) is 5.92 Å². The Morgan fingerprint density at radius 1 is 1.32 bits per heavy atom. The van der Waals surface area contributed by atoms with E-state index in [2.05, 4.69) is 0 Å². The van der Waals surface area contributed by atoms with Gasteiger partial charge in [-0.25, -0.2) is 4.79 Å². The molecule has 0 aliphatic heterocycles. The topological polar surface area (TPSA) is 87.1 Å². The molecule has 0 unspecified atom stereocenters. The van der Waals surface area contributed by atoms with Crippen LogP contribution in [0.2, 0.25) is 0 Å². The first-order chi connectivity index (χ1) is 10.4. The summed E-state index contributed by atoms with van der Waals surface area (Å²) in [6.45, 7) is 4.24. The van der Waals surface area contributed by atoms with Crippen LogP contribution in [0.4, 0.5) is 0 Å². The maximum absolute atomic E-state index is 12.7. The van der Waals surface area contributed by atoms with Crippen LogP contribution in [0.1, 0.15) is 43.1 Å². The lowest BCUT2D eigenvalue weighted by molar-refractivity contribution is 0.100. The Kier molecular flexibility index (Phi) is 3.39. The molecule has 0 bridgehead atoms. The van der Waals surface area contributed by atoms with Gasteiger partial charge in [0.1, 0.15) is 0 Å². The van der Waals surface area contributed by atoms with Gasteiger partial charge in [0.15, 0.2) is 0 Å². The third-order valence-corrected chi connectivity index (χ3v) is 4.11. The van der Waals surface area contributed by atoms with E-state index >= 15 is 0 Å². The van der Waals surface area contributed by atoms with Crippen molar-refractivity contribution in [3.8, 4) is 0 Å². The minimum absolute atomic E-state index is 0.0829. The fourth-order valence-electron chi connectivity index (χ4n) is 2.75. The van der Waals surface area contributed by atoms with Crippen molar-refractivity contribution in [2.45, 2.75) is 39.3 Å². The monoisotopic (exact) mass is 301 g/mol. The van der Waals surface area contributed by atoms with Gasteiger partial charge in [0, 0.05) is 18.2 Å². The van der Waals surface area contributed by atoms with Crippen LogP contribution >= 0.6 is 0 Å². The van der Waals surface area contributed by atoms with Crippen molar-refractivity contribution in [1.29, 1.82) is 0 Å². The standard InChI is InChI=1S/C16H19N3O3/c1-9(2)19-13-6-5-11(14(17)20)7-12(13)15(21)18(16(19)22)8-10-3-4-10/h5-7,9-10H,3-4,8H2,1-2H3,(H2,17,20). The molecule has 1 aliphatic rings. The number of amides is 1. The molecule has 0 atom stereocenters. The number of hydrogen-bond acceptors (Lipinski definition) is 3. The van der Waals surface area contributed by atoms with Crippen molar-refractivity contribution in [2.75, 3.05) is 0 Å². The van der Waals surface area contributed by atoms with E-state index in [1.165, 1.54) is 10.6 Å². The number of benzene rings is 1. The van der Waals surface area contributed by atoms with Crippen molar-refractivity contribution in [3.05, 3.63) is 44.6 Å². The quantitative estimate of drug-likeness (QED) is 0.922. The summed E-state index contributed by atoms with van der Waals surface area (Å²) in [5, 5.41) is 0.366. The molecule has 1 aromatic carbocycles. The zero-order chi connectivity index (χ0) is 16.0. The highest BCUT2D eigenvalue weighted by Gasteiger charge is 2.25. The minimum Gasteiger partial charge on any atom is -0.366 e. The Hall–Kier alpha value is -2.37. The van der Waals surface area contributed by atoms with E-state index in [0.29, 0.717) is 23.4 Å². The fourth-order valence-corrected chi connectivity index (χ4v) is 2.75. The number of nitrogens with zero attached hydrogens (tertiary/aromatic N) is 2. The van der Waals surface area contributed by atoms with Crippen LogP contribution in [-0.4, -0.2) is 15.0 Å². The number of carbonyl (C=O) groups excluding carboxylic acids is 1. The summed E-state index contributed by atoms with van der Waals surface area (Å²) in [4.78, 5) is 36.7. The number of fused-ring (bicyclic) bond motifs is 1. The van der Waals surface area contributed by atoms with Gasteiger partial charge in [-0.05, 0) is 50.8 Å². The molecule has 116 valence electrons. The number of aromatic nitrogens is 2. The molecular weight excluding hydrogens is 282 g/mol. The van der Waals surface area contributed by atoms with Crippen LogP contribution in [-0.2, 0) is 6.54 Å². The average molecular weight is 301 g/mol. The van der Waals surface area contributed by atoms with E-state index in [9.17, 15) is 14.4 Å². The van der Waals surface area contributed by atoms with Gasteiger partial charge >= 0.3 is 5.69 Å². The van der Waals surface area contributed by atoms with Gasteiger partial charge in [-0.2, -0.15) is 0 Å². The molecule has 6 heteroatoms. The molecule has 22 heavy (non-hydrogen) atoms. The lowest BCUT2D eigenvalue weighted by Crippen LogP contribution is -2.41. The fraction of sp³-hybridized carbons (Fsp3) is 0.438. The second-order valence-corrected chi connectivity index (χ2v) is 6.20. The molecule has 2 N–H and O–H groups in total. The highest BCUT2D eigenvalue weighted by molar-refractivity contribution is 5.96. The van der Waals surface area contributed by atoms with E-state index < -0.39 is 5.91 Å². The third kappa shape index (κ3) is 2.34. The maximum atomic E-state index is 12.7. The molecule has 1 heterocycles. The highest BCUT2D eigenvalue weighted by atomic mass is 16.2. The third-order valence-electron chi connectivity index (χ3n) is 4.11. The van der Waals surface area contributed by atoms with Gasteiger partial charge < -0.3 is 5.73 Å². The number of nitrogens with two attached hydrogens (primary N) is 1. The molecule has 0 spiro atoms. The predicted molar refractivity (Wildman–Crippen MR) is 84.1 cm³/mol. The number of rotatable bonds is 4. The molecule has 3 rings (SSSR count). The Bertz CT molecular complexity index is 873. The van der Waals surface area contributed by atoms with Crippen LogP contribution in [0.5, 0.6) is 0 Å². The molecule has 1 aliphatic carbocycles. The van der Waals surface area contributed by atoms with Crippen molar-refractivity contribution >= 4 is 16.8 Å². The van der Waals surface area contributed by atoms with Crippen LogP contribution in [0.3, 0.4) is 0 Å². The van der Waals surface area contributed by atoms with Gasteiger partial charge in [-0.3, -0.25) is 18.7 Å². The van der Waals surface area contributed by atoms with Crippen molar-refractivity contribution < 1.29 is 4.79 Å². The summed E-state index contributed by atoms with van der Waals surface area (Å²) in [6, 6.07) is 4.58. The van der Waals surface area contributed by atoms with Crippen molar-refractivity contribution in [2.24, 2.45) is 11.7 Å². The van der Waals surface area contributed by atoms with E-state index in [0.717, 1.165) is 12.8 Å².